The zero-order chi connectivity index (χ0) is 14.5. The van der Waals surface area contributed by atoms with Crippen molar-refractivity contribution >= 4 is 5.97 Å². The molecule has 0 spiro atoms. The summed E-state index contributed by atoms with van der Waals surface area (Å²) in [7, 11) is 1.94. The van der Waals surface area contributed by atoms with Gasteiger partial charge in [-0.05, 0) is 31.7 Å². The van der Waals surface area contributed by atoms with Crippen molar-refractivity contribution < 1.29 is 19.4 Å². The van der Waals surface area contributed by atoms with Gasteiger partial charge in [0.25, 0.3) is 0 Å². The highest BCUT2D eigenvalue weighted by Crippen LogP contribution is 2.21. The lowest BCUT2D eigenvalue weighted by atomic mass is 10.0. The monoisotopic (exact) mass is 279 g/mol. The zero-order valence-electron chi connectivity index (χ0n) is 11.9. The molecular weight excluding hydrogens is 258 g/mol. The molecule has 20 heavy (non-hydrogen) atoms. The molecule has 5 nitrogen and oxygen atoms in total. The van der Waals surface area contributed by atoms with Gasteiger partial charge in [0.05, 0.1) is 25.7 Å². The Kier molecular flexibility index (Phi) is 4.98. The van der Waals surface area contributed by atoms with Crippen molar-refractivity contribution in [3.8, 4) is 5.75 Å². The summed E-state index contributed by atoms with van der Waals surface area (Å²) in [6, 6.07) is 7.82. The molecule has 110 valence electrons. The quantitative estimate of drug-likeness (QED) is 0.857. The second-order valence-corrected chi connectivity index (χ2v) is 5.04. The number of hydrogen-bond donors (Lipinski definition) is 1. The van der Waals surface area contributed by atoms with Gasteiger partial charge in [-0.25, -0.2) is 0 Å². The van der Waals surface area contributed by atoms with Gasteiger partial charge in [-0.2, -0.15) is 0 Å². The van der Waals surface area contributed by atoms with E-state index >= 15 is 0 Å². The first kappa shape index (κ1) is 14.8. The number of rotatable bonds is 6. The first-order valence-corrected chi connectivity index (χ1v) is 6.84. The maximum atomic E-state index is 11.2. The average Bonchev–Trinajstić information content (AvgIpc) is 2.91. The van der Waals surface area contributed by atoms with Crippen LogP contribution in [0.5, 0.6) is 5.75 Å². The van der Waals surface area contributed by atoms with Crippen molar-refractivity contribution in [1.82, 2.24) is 4.90 Å². The maximum Gasteiger partial charge on any atom is 0.310 e. The van der Waals surface area contributed by atoms with Crippen molar-refractivity contribution in [2.75, 3.05) is 26.9 Å². The highest BCUT2D eigenvalue weighted by atomic mass is 16.5. The Morgan fingerprint density at radius 1 is 1.40 bits per heavy atom. The van der Waals surface area contributed by atoms with Crippen molar-refractivity contribution in [2.45, 2.75) is 19.5 Å². The highest BCUT2D eigenvalue weighted by Gasteiger charge is 2.36. The van der Waals surface area contributed by atoms with E-state index in [1.807, 2.05) is 43.1 Å². The molecule has 1 heterocycles. The van der Waals surface area contributed by atoms with Crippen LogP contribution in [-0.4, -0.2) is 48.9 Å². The maximum absolute atomic E-state index is 11.2. The summed E-state index contributed by atoms with van der Waals surface area (Å²) >= 11 is 0. The van der Waals surface area contributed by atoms with E-state index < -0.39 is 11.9 Å². The van der Waals surface area contributed by atoms with Gasteiger partial charge in [-0.3, -0.25) is 9.69 Å². The van der Waals surface area contributed by atoms with Crippen LogP contribution in [0.3, 0.4) is 0 Å². The molecular formula is C15H21NO4. The van der Waals surface area contributed by atoms with Crippen LogP contribution in [0, 0.1) is 5.92 Å². The van der Waals surface area contributed by atoms with Crippen LogP contribution in [0.1, 0.15) is 12.5 Å². The Labute approximate surface area is 119 Å². The SMILES string of the molecule is CCOc1ccc(CN(C)C2COCC2C(=O)O)cc1. The Hall–Kier alpha value is -1.59. The number of carboxylic acid groups (broad SMARTS) is 1. The molecule has 1 aliphatic rings. The summed E-state index contributed by atoms with van der Waals surface area (Å²) in [5.41, 5.74) is 1.13. The number of aliphatic carboxylic acids is 1. The second kappa shape index (κ2) is 6.72. The van der Waals surface area contributed by atoms with E-state index in [1.165, 1.54) is 0 Å². The van der Waals surface area contributed by atoms with Crippen LogP contribution in [-0.2, 0) is 16.1 Å². The fourth-order valence-corrected chi connectivity index (χ4v) is 2.48. The molecule has 2 atom stereocenters. The number of hydrogen-bond acceptors (Lipinski definition) is 4. The largest absolute Gasteiger partial charge is 0.494 e. The number of carboxylic acids is 1. The summed E-state index contributed by atoms with van der Waals surface area (Å²) in [5.74, 6) is -0.375. The minimum atomic E-state index is -0.786. The first-order chi connectivity index (χ1) is 9.61. The van der Waals surface area contributed by atoms with Gasteiger partial charge in [0, 0.05) is 12.6 Å². The van der Waals surface area contributed by atoms with Crippen molar-refractivity contribution in [3.05, 3.63) is 29.8 Å². The van der Waals surface area contributed by atoms with Crippen LogP contribution < -0.4 is 4.74 Å². The average molecular weight is 279 g/mol. The van der Waals surface area contributed by atoms with E-state index in [2.05, 4.69) is 0 Å². The van der Waals surface area contributed by atoms with Gasteiger partial charge in [0.2, 0.25) is 0 Å². The van der Waals surface area contributed by atoms with Gasteiger partial charge in [0.15, 0.2) is 0 Å². The predicted molar refractivity (Wildman–Crippen MR) is 74.8 cm³/mol. The molecule has 2 rings (SSSR count). The number of benzene rings is 1. The van der Waals surface area contributed by atoms with Gasteiger partial charge < -0.3 is 14.6 Å². The molecule has 0 amide bonds. The van der Waals surface area contributed by atoms with Gasteiger partial charge in [0.1, 0.15) is 5.75 Å². The summed E-state index contributed by atoms with van der Waals surface area (Å²) in [4.78, 5) is 13.2. The number of carbonyl (C=O) groups is 1. The summed E-state index contributed by atoms with van der Waals surface area (Å²) in [6.45, 7) is 4.08. The lowest BCUT2D eigenvalue weighted by molar-refractivity contribution is -0.143. The van der Waals surface area contributed by atoms with Gasteiger partial charge in [-0.15, -0.1) is 0 Å². The van der Waals surface area contributed by atoms with Crippen LogP contribution in [0.25, 0.3) is 0 Å². The van der Waals surface area contributed by atoms with Crippen molar-refractivity contribution in [2.24, 2.45) is 5.92 Å². The van der Waals surface area contributed by atoms with E-state index in [0.29, 0.717) is 26.4 Å². The van der Waals surface area contributed by atoms with Gasteiger partial charge in [-0.1, -0.05) is 12.1 Å². The standard InChI is InChI=1S/C15H21NO4/c1-3-20-12-6-4-11(5-7-12)8-16(2)14-10-19-9-13(14)15(17)18/h4-7,13-14H,3,8-10H2,1-2H3,(H,17,18). The van der Waals surface area contributed by atoms with Crippen LogP contribution in [0.2, 0.25) is 0 Å². The smallest absolute Gasteiger partial charge is 0.310 e. The fourth-order valence-electron chi connectivity index (χ4n) is 2.48. The molecule has 2 unspecified atom stereocenters. The number of likely N-dealkylation sites (N-methyl/N-ethyl adjacent to an activating group) is 1. The topological polar surface area (TPSA) is 59.0 Å². The van der Waals surface area contributed by atoms with Crippen LogP contribution in [0.4, 0.5) is 0 Å². The highest BCUT2D eigenvalue weighted by molar-refractivity contribution is 5.71. The predicted octanol–water partition coefficient (Wildman–Crippen LogP) is 1.62. The Morgan fingerprint density at radius 3 is 2.70 bits per heavy atom. The van der Waals surface area contributed by atoms with E-state index in [1.54, 1.807) is 0 Å². The van der Waals surface area contributed by atoms with Gasteiger partial charge >= 0.3 is 5.97 Å². The van der Waals surface area contributed by atoms with E-state index in [9.17, 15) is 9.90 Å². The number of ether oxygens (including phenoxy) is 2. The molecule has 1 saturated heterocycles. The van der Waals surface area contributed by atoms with Crippen LogP contribution >= 0.6 is 0 Å². The molecule has 0 aromatic heterocycles. The molecule has 1 aliphatic heterocycles. The molecule has 1 N–H and O–H groups in total. The molecule has 1 aromatic carbocycles. The minimum absolute atomic E-state index is 0.0703. The Bertz CT molecular complexity index is 446. The first-order valence-electron chi connectivity index (χ1n) is 6.84. The van der Waals surface area contributed by atoms with Crippen molar-refractivity contribution in [1.29, 1.82) is 0 Å². The molecule has 0 radical (unpaired) electrons. The summed E-state index contributed by atoms with van der Waals surface area (Å²) < 4.78 is 10.7. The lowest BCUT2D eigenvalue weighted by Gasteiger charge is -2.26. The van der Waals surface area contributed by atoms with E-state index in [-0.39, 0.29) is 6.04 Å². The molecule has 0 saturated carbocycles. The number of nitrogens with zero attached hydrogens (tertiary/aromatic N) is 1. The molecule has 0 bridgehead atoms. The van der Waals surface area contributed by atoms with E-state index in [0.717, 1.165) is 11.3 Å². The van der Waals surface area contributed by atoms with Crippen LogP contribution in [0.15, 0.2) is 24.3 Å². The fraction of sp³-hybridized carbons (Fsp3) is 0.533. The minimum Gasteiger partial charge on any atom is -0.494 e. The normalized spacial score (nSPS) is 22.1. The lowest BCUT2D eigenvalue weighted by Crippen LogP contribution is -2.40. The zero-order valence-corrected chi connectivity index (χ0v) is 11.9. The molecule has 1 aromatic rings. The second-order valence-electron chi connectivity index (χ2n) is 5.04. The molecule has 0 aliphatic carbocycles. The summed E-state index contributed by atoms with van der Waals surface area (Å²) in [5, 5.41) is 9.17. The Balaban J connectivity index is 1.96. The molecule has 5 heteroatoms. The third kappa shape index (κ3) is 3.49. The third-order valence-electron chi connectivity index (χ3n) is 3.60. The molecule has 1 fully saturated rings. The summed E-state index contributed by atoms with van der Waals surface area (Å²) in [6.07, 6.45) is 0. The van der Waals surface area contributed by atoms with E-state index in [4.69, 9.17) is 9.47 Å². The Morgan fingerprint density at radius 2 is 2.10 bits per heavy atom. The third-order valence-corrected chi connectivity index (χ3v) is 3.60. The van der Waals surface area contributed by atoms with Crippen molar-refractivity contribution in [3.63, 3.8) is 0 Å².